The van der Waals surface area contributed by atoms with Crippen molar-refractivity contribution >= 4 is 21.6 Å². The number of nitrogens with zero attached hydrogens (tertiary/aromatic N) is 4. The number of fused-ring (bicyclic) bond motifs is 2. The smallest absolute Gasteiger partial charge is 0.305 e. The average Bonchev–Trinajstić information content (AvgIpc) is 3.34. The van der Waals surface area contributed by atoms with Gasteiger partial charge in [-0.3, -0.25) is 4.98 Å². The van der Waals surface area contributed by atoms with Gasteiger partial charge in [0.1, 0.15) is 0 Å². The molecule has 2 atom stereocenters. The van der Waals surface area contributed by atoms with Crippen LogP contribution in [0.15, 0.2) is 21.7 Å². The minimum absolute atomic E-state index is 0.305. The minimum atomic E-state index is -3.75. The van der Waals surface area contributed by atoms with Gasteiger partial charge in [-0.25, -0.2) is 18.8 Å². The van der Waals surface area contributed by atoms with Crippen molar-refractivity contribution in [3.63, 3.8) is 0 Å². The van der Waals surface area contributed by atoms with Crippen molar-refractivity contribution in [2.24, 2.45) is 9.50 Å². The summed E-state index contributed by atoms with van der Waals surface area (Å²) in [6.45, 7) is -0.802. The summed E-state index contributed by atoms with van der Waals surface area (Å²) in [4.78, 5) is 17.3. The van der Waals surface area contributed by atoms with Crippen molar-refractivity contribution in [2.75, 3.05) is 5.32 Å². The van der Waals surface area contributed by atoms with E-state index in [9.17, 15) is 17.8 Å². The molecule has 2 aromatic rings. The van der Waals surface area contributed by atoms with Crippen molar-refractivity contribution < 1.29 is 17.8 Å². The Morgan fingerprint density at radius 1 is 1.39 bits per heavy atom. The molecule has 8 nitrogen and oxygen atoms in total. The number of aryl methyl sites for hydroxylation is 1. The fraction of sp³-hybridized carbons (Fsp3) is 0.471. The number of hydrogen-bond donors (Lipinski definition) is 2. The van der Waals surface area contributed by atoms with Crippen molar-refractivity contribution in [1.82, 2.24) is 14.8 Å². The molecule has 28 heavy (non-hydrogen) atoms. The number of aromatic nitrogens is 3. The number of alkyl halides is 2. The molecule has 0 radical (unpaired) electrons. The molecule has 2 aliphatic rings. The number of rotatable bonds is 3. The van der Waals surface area contributed by atoms with Gasteiger partial charge in [-0.1, -0.05) is 6.92 Å². The first-order valence-electron chi connectivity index (χ1n) is 9.00. The largest absolute Gasteiger partial charge is 0.354 e. The van der Waals surface area contributed by atoms with Crippen LogP contribution in [0, 0.1) is 0 Å². The molecule has 0 aromatic carbocycles. The zero-order valence-corrected chi connectivity index (χ0v) is 16.0. The second kappa shape index (κ2) is 6.89. The molecule has 0 unspecified atom stereocenters. The lowest BCUT2D eigenvalue weighted by Gasteiger charge is -2.15. The van der Waals surface area contributed by atoms with Crippen LogP contribution >= 0.6 is 0 Å². The zero-order valence-electron chi connectivity index (χ0n) is 15.2. The summed E-state index contributed by atoms with van der Waals surface area (Å²) < 4.78 is 41.7. The van der Waals surface area contributed by atoms with Crippen molar-refractivity contribution in [3.8, 4) is 0 Å². The predicted molar refractivity (Wildman–Crippen MR) is 98.5 cm³/mol. The van der Waals surface area contributed by atoms with Crippen LogP contribution in [0.4, 0.5) is 19.3 Å². The highest BCUT2D eigenvalue weighted by Gasteiger charge is 2.30. The van der Waals surface area contributed by atoms with Gasteiger partial charge in [-0.2, -0.15) is 13.9 Å². The van der Waals surface area contributed by atoms with Crippen molar-refractivity contribution in [3.05, 3.63) is 34.8 Å². The van der Waals surface area contributed by atoms with Crippen LogP contribution in [0.5, 0.6) is 0 Å². The number of carbonyl (C=O) groups is 1. The molecule has 2 aromatic heterocycles. The van der Waals surface area contributed by atoms with Crippen LogP contribution in [-0.4, -0.2) is 25.0 Å². The number of pyridine rings is 1. The third kappa shape index (κ3) is 3.28. The Hall–Kier alpha value is -2.40. The minimum Gasteiger partial charge on any atom is -0.305 e. The fourth-order valence-corrected chi connectivity index (χ4v) is 4.69. The van der Waals surface area contributed by atoms with Crippen LogP contribution < -0.4 is 10.5 Å². The van der Waals surface area contributed by atoms with E-state index in [2.05, 4.69) is 21.7 Å². The molecule has 11 heteroatoms. The molecule has 0 spiro atoms. The zero-order chi connectivity index (χ0) is 20.1. The highest BCUT2D eigenvalue weighted by molar-refractivity contribution is 7.91. The standard InChI is InChI=1S/C17H20F2N6O2S/c1-9-5-6-11-14(9)21-12-4-2-3-10(12)15(11)22-17(26)24-28(20,27)13-7-8-25(23-13)16(18)19/h7-9,16H,2-6H2,1H3,(H3,20,21,22,24,26,27)/t9-,28+/m1/s1. The molecule has 150 valence electrons. The number of nitrogens with one attached hydrogen (secondary N) is 1. The highest BCUT2D eigenvalue weighted by atomic mass is 32.2. The monoisotopic (exact) mass is 410 g/mol. The van der Waals surface area contributed by atoms with Gasteiger partial charge in [-0.05, 0) is 55.2 Å². The number of amides is 2. The van der Waals surface area contributed by atoms with Gasteiger partial charge in [0.2, 0.25) is 0 Å². The first-order valence-corrected chi connectivity index (χ1v) is 10.6. The lowest BCUT2D eigenvalue weighted by Crippen LogP contribution is -2.20. The first kappa shape index (κ1) is 18.9. The Morgan fingerprint density at radius 2 is 2.18 bits per heavy atom. The lowest BCUT2D eigenvalue weighted by molar-refractivity contribution is 0.0554. The number of halogens is 2. The van der Waals surface area contributed by atoms with E-state index < -0.39 is 22.5 Å². The van der Waals surface area contributed by atoms with Gasteiger partial charge in [0.15, 0.2) is 14.9 Å². The number of urea groups is 1. The molecule has 3 N–H and O–H groups in total. The third-order valence-electron chi connectivity index (χ3n) is 5.18. The van der Waals surface area contributed by atoms with Gasteiger partial charge in [0.05, 0.1) is 5.69 Å². The average molecular weight is 410 g/mol. The first-order chi connectivity index (χ1) is 13.3. The van der Waals surface area contributed by atoms with Crippen molar-refractivity contribution in [1.29, 1.82) is 0 Å². The second-order valence-electron chi connectivity index (χ2n) is 7.07. The SMILES string of the molecule is C[C@@H]1CCc2c1nc1c(c2NC(=O)N=[S@](N)(=O)c2ccn(C(F)F)n2)CCC1. The predicted octanol–water partition coefficient (Wildman–Crippen LogP) is 3.14. The summed E-state index contributed by atoms with van der Waals surface area (Å²) in [5, 5.41) is 11.4. The van der Waals surface area contributed by atoms with Crippen LogP contribution in [-0.2, 0) is 29.2 Å². The molecule has 0 bridgehead atoms. The Balaban J connectivity index is 1.67. The molecule has 0 aliphatic heterocycles. The van der Waals surface area contributed by atoms with Gasteiger partial charge < -0.3 is 5.32 Å². The van der Waals surface area contributed by atoms with E-state index in [0.717, 1.165) is 66.9 Å². The van der Waals surface area contributed by atoms with E-state index in [4.69, 9.17) is 10.1 Å². The maximum Gasteiger partial charge on any atom is 0.354 e. The summed E-state index contributed by atoms with van der Waals surface area (Å²) in [7, 11) is -3.75. The van der Waals surface area contributed by atoms with E-state index in [1.807, 2.05) is 0 Å². The van der Waals surface area contributed by atoms with Crippen LogP contribution in [0.2, 0.25) is 0 Å². The van der Waals surface area contributed by atoms with Gasteiger partial charge in [0.25, 0.3) is 0 Å². The van der Waals surface area contributed by atoms with Crippen LogP contribution in [0.25, 0.3) is 0 Å². The van der Waals surface area contributed by atoms with E-state index in [-0.39, 0.29) is 5.03 Å². The summed E-state index contributed by atoms with van der Waals surface area (Å²) in [6, 6.07) is 0.176. The molecule has 0 fully saturated rings. The summed E-state index contributed by atoms with van der Waals surface area (Å²) >= 11 is 0. The molecule has 2 amide bonds. The van der Waals surface area contributed by atoms with Gasteiger partial charge >= 0.3 is 12.6 Å². The van der Waals surface area contributed by atoms with E-state index in [0.29, 0.717) is 16.3 Å². The number of carbonyl (C=O) groups excluding carboxylic acids is 1. The molecule has 2 heterocycles. The maximum absolute atomic E-state index is 12.7. The second-order valence-corrected chi connectivity index (χ2v) is 8.81. The maximum atomic E-state index is 12.7. The quantitative estimate of drug-likeness (QED) is 0.809. The third-order valence-corrected chi connectivity index (χ3v) is 6.44. The molecule has 0 saturated carbocycles. The topological polar surface area (TPSA) is 115 Å². The summed E-state index contributed by atoms with van der Waals surface area (Å²) in [5.74, 6) is 0.311. The molecular weight excluding hydrogens is 390 g/mol. The molecule has 0 saturated heterocycles. The Bertz CT molecular complexity index is 1070. The van der Waals surface area contributed by atoms with Crippen LogP contribution in [0.1, 0.15) is 54.7 Å². The molecular formula is C17H20F2N6O2S. The fourth-order valence-electron chi connectivity index (χ4n) is 3.84. The van der Waals surface area contributed by atoms with Crippen LogP contribution in [0.3, 0.4) is 0 Å². The Labute approximate surface area is 160 Å². The summed E-state index contributed by atoms with van der Waals surface area (Å²) in [5.41, 5.74) is 4.63. The number of anilines is 1. The molecule has 4 rings (SSSR count). The van der Waals surface area contributed by atoms with E-state index in [1.165, 1.54) is 0 Å². The van der Waals surface area contributed by atoms with Gasteiger partial charge in [0, 0.05) is 17.6 Å². The Kier molecular flexibility index (Phi) is 4.66. The lowest BCUT2D eigenvalue weighted by atomic mass is 10.0. The molecule has 2 aliphatic carbocycles. The Morgan fingerprint density at radius 3 is 2.89 bits per heavy atom. The number of nitrogens with two attached hydrogens (primary N) is 1. The highest BCUT2D eigenvalue weighted by Crippen LogP contribution is 2.41. The summed E-state index contributed by atoms with van der Waals surface area (Å²) in [6.07, 6.45) is 5.29. The van der Waals surface area contributed by atoms with E-state index >= 15 is 0 Å². The van der Waals surface area contributed by atoms with E-state index in [1.54, 1.807) is 0 Å². The van der Waals surface area contributed by atoms with Gasteiger partial charge in [-0.15, -0.1) is 4.36 Å². The normalized spacial score (nSPS) is 20.0. The van der Waals surface area contributed by atoms with Crippen molar-refractivity contribution in [2.45, 2.75) is 56.5 Å². The number of hydrogen-bond acceptors (Lipinski definition) is 4.